The molecular weight excluding hydrogens is 498 g/mol. The van der Waals surface area contributed by atoms with Gasteiger partial charge in [0.25, 0.3) is 5.91 Å². The van der Waals surface area contributed by atoms with Crippen molar-refractivity contribution in [1.29, 1.82) is 0 Å². The van der Waals surface area contributed by atoms with Crippen molar-refractivity contribution < 1.29 is 18.9 Å². The number of nitrogens with one attached hydrogen (secondary N) is 1. The lowest BCUT2D eigenvalue weighted by atomic mass is 10.2. The summed E-state index contributed by atoms with van der Waals surface area (Å²) >= 11 is 0. The maximum absolute atomic E-state index is 12.7. The molecule has 192 valence electrons. The minimum atomic E-state index is -0.254. The third-order valence-corrected chi connectivity index (χ3v) is 5.92. The lowest BCUT2D eigenvalue weighted by Crippen LogP contribution is -2.11. The van der Waals surface area contributed by atoms with Crippen LogP contribution >= 0.6 is 0 Å². The monoisotopic (exact) mass is 519 g/mol. The Morgan fingerprint density at radius 1 is 0.949 bits per heavy atom. The zero-order valence-corrected chi connectivity index (χ0v) is 20.6. The predicted octanol–water partition coefficient (Wildman–Crippen LogP) is 5.11. The topological polar surface area (TPSA) is 143 Å². The average Bonchev–Trinajstić information content (AvgIpc) is 3.56. The van der Waals surface area contributed by atoms with Gasteiger partial charge in [0.15, 0.2) is 17.3 Å². The second-order valence-corrected chi connectivity index (χ2v) is 8.43. The largest absolute Gasteiger partial charge is 0.497 e. The van der Waals surface area contributed by atoms with E-state index in [2.05, 4.69) is 25.6 Å². The van der Waals surface area contributed by atoms with E-state index in [1.54, 1.807) is 67.9 Å². The molecule has 0 saturated carbocycles. The number of aromatic nitrogens is 5. The van der Waals surface area contributed by atoms with Crippen molar-refractivity contribution in [3.63, 3.8) is 0 Å². The van der Waals surface area contributed by atoms with Gasteiger partial charge in [0.2, 0.25) is 5.88 Å². The number of amides is 1. The molecule has 11 nitrogen and oxygen atoms in total. The van der Waals surface area contributed by atoms with Crippen LogP contribution in [0.5, 0.6) is 17.4 Å². The number of carbonyl (C=O) groups is 1. The van der Waals surface area contributed by atoms with Crippen molar-refractivity contribution in [2.24, 2.45) is 0 Å². The molecule has 0 saturated heterocycles. The Bertz CT molecular complexity index is 1780. The Labute approximate surface area is 221 Å². The molecule has 1 amide bonds. The first-order valence-corrected chi connectivity index (χ1v) is 11.8. The van der Waals surface area contributed by atoms with Gasteiger partial charge in [-0.2, -0.15) is 0 Å². The summed E-state index contributed by atoms with van der Waals surface area (Å²) in [6.45, 7) is 0. The lowest BCUT2D eigenvalue weighted by molar-refractivity contribution is 0.102. The van der Waals surface area contributed by atoms with Crippen LogP contribution in [0.15, 0.2) is 95.8 Å². The number of pyridine rings is 1. The number of hydrogen-bond donors (Lipinski definition) is 2. The van der Waals surface area contributed by atoms with Crippen LogP contribution in [-0.2, 0) is 0 Å². The Morgan fingerprint density at radius 3 is 2.51 bits per heavy atom. The van der Waals surface area contributed by atoms with E-state index in [1.807, 2.05) is 34.9 Å². The summed E-state index contributed by atoms with van der Waals surface area (Å²) < 4.78 is 17.9. The van der Waals surface area contributed by atoms with E-state index in [0.717, 1.165) is 5.69 Å². The average molecular weight is 520 g/mol. The van der Waals surface area contributed by atoms with E-state index in [4.69, 9.17) is 19.8 Å². The summed E-state index contributed by atoms with van der Waals surface area (Å²) in [5.74, 6) is 1.82. The summed E-state index contributed by atoms with van der Waals surface area (Å²) in [7, 11) is 1.58. The number of benzene rings is 3. The maximum atomic E-state index is 12.7. The number of nitrogen functional groups attached to an aromatic ring is 1. The van der Waals surface area contributed by atoms with E-state index in [-0.39, 0.29) is 11.7 Å². The van der Waals surface area contributed by atoms with Crippen molar-refractivity contribution >= 4 is 28.4 Å². The molecule has 3 heterocycles. The van der Waals surface area contributed by atoms with Gasteiger partial charge in [-0.25, -0.2) is 14.6 Å². The Hall–Kier alpha value is -5.71. The molecule has 11 heteroatoms. The smallest absolute Gasteiger partial charge is 0.255 e. The SMILES string of the molecule is COc1ccc(C(=O)Nc2cccc(Oc3cc4c(cn3)nc(-c3nonc3N)n4-c3ccccc3)c2)cc1. The van der Waals surface area contributed by atoms with Crippen LogP contribution in [0.2, 0.25) is 0 Å². The summed E-state index contributed by atoms with van der Waals surface area (Å²) in [5.41, 5.74) is 9.51. The van der Waals surface area contributed by atoms with Crippen molar-refractivity contribution in [3.8, 4) is 34.6 Å². The van der Waals surface area contributed by atoms with Crippen molar-refractivity contribution in [2.75, 3.05) is 18.2 Å². The normalized spacial score (nSPS) is 10.9. The molecule has 0 fully saturated rings. The summed E-state index contributed by atoms with van der Waals surface area (Å²) in [6.07, 6.45) is 1.60. The van der Waals surface area contributed by atoms with Gasteiger partial charge in [0.05, 0.1) is 18.8 Å². The molecule has 3 aromatic carbocycles. The van der Waals surface area contributed by atoms with E-state index >= 15 is 0 Å². The van der Waals surface area contributed by atoms with Crippen LogP contribution in [0.25, 0.3) is 28.2 Å². The molecule has 0 radical (unpaired) electrons. The van der Waals surface area contributed by atoms with E-state index < -0.39 is 0 Å². The molecule has 0 atom stereocenters. The molecule has 6 rings (SSSR count). The second kappa shape index (κ2) is 9.98. The number of fused-ring (bicyclic) bond motifs is 1. The minimum absolute atomic E-state index is 0.125. The van der Waals surface area contributed by atoms with Gasteiger partial charge < -0.3 is 20.5 Å². The highest BCUT2D eigenvalue weighted by atomic mass is 16.6. The number of para-hydroxylation sites is 1. The van der Waals surface area contributed by atoms with Gasteiger partial charge >= 0.3 is 0 Å². The number of imidazole rings is 1. The number of nitrogens with two attached hydrogens (primary N) is 1. The highest BCUT2D eigenvalue weighted by Crippen LogP contribution is 2.32. The van der Waals surface area contributed by atoms with Gasteiger partial charge in [-0.15, -0.1) is 0 Å². The zero-order valence-electron chi connectivity index (χ0n) is 20.6. The second-order valence-electron chi connectivity index (χ2n) is 8.43. The van der Waals surface area contributed by atoms with Crippen molar-refractivity contribution in [2.45, 2.75) is 0 Å². The number of anilines is 2. The van der Waals surface area contributed by atoms with Crippen LogP contribution in [0.4, 0.5) is 11.5 Å². The van der Waals surface area contributed by atoms with E-state index in [9.17, 15) is 4.79 Å². The van der Waals surface area contributed by atoms with Crippen molar-refractivity contribution in [3.05, 3.63) is 96.7 Å². The van der Waals surface area contributed by atoms with Gasteiger partial charge in [-0.1, -0.05) is 24.3 Å². The molecular formula is C28H21N7O4. The number of nitrogens with zero attached hydrogens (tertiary/aromatic N) is 5. The van der Waals surface area contributed by atoms with Crippen LogP contribution in [0, 0.1) is 0 Å². The number of ether oxygens (including phenoxy) is 2. The zero-order chi connectivity index (χ0) is 26.8. The summed E-state index contributed by atoms with van der Waals surface area (Å²) in [4.78, 5) is 21.8. The Morgan fingerprint density at radius 2 is 1.77 bits per heavy atom. The van der Waals surface area contributed by atoms with Crippen LogP contribution in [-0.4, -0.2) is 37.9 Å². The highest BCUT2D eigenvalue weighted by molar-refractivity contribution is 6.04. The molecule has 0 bridgehead atoms. The standard InChI is InChI=1S/C28H21N7O4/c1-37-20-12-10-17(11-13-20)28(36)31-18-6-5-9-21(14-18)38-24-15-23-22(16-30-24)32-27(25-26(29)34-39-33-25)35(23)19-7-3-2-4-8-19/h2-16H,1H3,(H2,29,34)(H,31,36). The van der Waals surface area contributed by atoms with Crippen LogP contribution < -0.4 is 20.5 Å². The van der Waals surface area contributed by atoms with Gasteiger partial charge in [-0.3, -0.25) is 9.36 Å². The Kier molecular flexibility index (Phi) is 6.06. The summed E-state index contributed by atoms with van der Waals surface area (Å²) in [5, 5.41) is 10.5. The quantitative estimate of drug-likeness (QED) is 0.294. The summed E-state index contributed by atoms with van der Waals surface area (Å²) in [6, 6.07) is 25.3. The molecule has 3 N–H and O–H groups in total. The van der Waals surface area contributed by atoms with Crippen molar-refractivity contribution in [1.82, 2.24) is 24.8 Å². The molecule has 3 aromatic heterocycles. The van der Waals surface area contributed by atoms with Crippen LogP contribution in [0.1, 0.15) is 10.4 Å². The van der Waals surface area contributed by atoms with E-state index in [0.29, 0.717) is 51.2 Å². The molecule has 39 heavy (non-hydrogen) atoms. The first-order chi connectivity index (χ1) is 19.1. The number of hydrogen-bond acceptors (Lipinski definition) is 9. The first-order valence-electron chi connectivity index (χ1n) is 11.8. The molecule has 0 aliphatic carbocycles. The maximum Gasteiger partial charge on any atom is 0.255 e. The number of methoxy groups -OCH3 is 1. The fraction of sp³-hybridized carbons (Fsp3) is 0.0357. The minimum Gasteiger partial charge on any atom is -0.497 e. The highest BCUT2D eigenvalue weighted by Gasteiger charge is 2.21. The van der Waals surface area contributed by atoms with E-state index in [1.165, 1.54) is 0 Å². The third kappa shape index (κ3) is 4.71. The molecule has 0 unspecified atom stereocenters. The van der Waals surface area contributed by atoms with Gasteiger partial charge in [0, 0.05) is 29.1 Å². The molecule has 0 aliphatic heterocycles. The number of rotatable bonds is 7. The predicted molar refractivity (Wildman–Crippen MR) is 144 cm³/mol. The van der Waals surface area contributed by atoms with Gasteiger partial charge in [-0.05, 0) is 58.8 Å². The number of carbonyl (C=O) groups excluding carboxylic acids is 1. The molecule has 0 aliphatic rings. The fourth-order valence-corrected chi connectivity index (χ4v) is 4.07. The first kappa shape index (κ1) is 23.7. The third-order valence-electron chi connectivity index (χ3n) is 5.92. The molecule has 0 spiro atoms. The van der Waals surface area contributed by atoms with Gasteiger partial charge in [0.1, 0.15) is 17.0 Å². The fourth-order valence-electron chi connectivity index (χ4n) is 4.07. The van der Waals surface area contributed by atoms with Crippen LogP contribution in [0.3, 0.4) is 0 Å². The lowest BCUT2D eigenvalue weighted by Gasteiger charge is -2.10. The Balaban J connectivity index is 1.31. The molecule has 6 aromatic rings.